The average molecular weight is 341 g/mol. The second-order valence-corrected chi connectivity index (χ2v) is 6.49. The van der Waals surface area contributed by atoms with Crippen molar-refractivity contribution in [2.24, 2.45) is 7.05 Å². The maximum absolute atomic E-state index is 5.96. The molecular formula is C19H23N3O3. The predicted octanol–water partition coefficient (Wildman–Crippen LogP) is 3.10. The van der Waals surface area contributed by atoms with Gasteiger partial charge >= 0.3 is 0 Å². The van der Waals surface area contributed by atoms with E-state index in [0.717, 1.165) is 46.8 Å². The Morgan fingerprint density at radius 3 is 3.00 bits per heavy atom. The first-order chi connectivity index (χ1) is 12.2. The lowest BCUT2D eigenvalue weighted by Gasteiger charge is -2.19. The Morgan fingerprint density at radius 1 is 1.36 bits per heavy atom. The van der Waals surface area contributed by atoms with Gasteiger partial charge in [-0.15, -0.1) is 0 Å². The Kier molecular flexibility index (Phi) is 4.23. The van der Waals surface area contributed by atoms with Gasteiger partial charge in [0.25, 0.3) is 0 Å². The van der Waals surface area contributed by atoms with Crippen LogP contribution in [0.3, 0.4) is 0 Å². The van der Waals surface area contributed by atoms with E-state index in [2.05, 4.69) is 23.4 Å². The summed E-state index contributed by atoms with van der Waals surface area (Å²) in [6, 6.07) is 8.16. The molecule has 3 heterocycles. The Morgan fingerprint density at radius 2 is 2.24 bits per heavy atom. The molecule has 1 saturated heterocycles. The molecule has 2 aromatic heterocycles. The fourth-order valence-corrected chi connectivity index (χ4v) is 3.42. The normalized spacial score (nSPS) is 20.4. The molecule has 1 fully saturated rings. The molecule has 0 amide bonds. The number of nitrogens with one attached hydrogen (secondary N) is 1. The van der Waals surface area contributed by atoms with Gasteiger partial charge in [-0.1, -0.05) is 0 Å². The molecule has 2 atom stereocenters. The van der Waals surface area contributed by atoms with E-state index in [9.17, 15) is 0 Å². The second kappa shape index (κ2) is 6.54. The summed E-state index contributed by atoms with van der Waals surface area (Å²) in [6.07, 6.45) is 2.93. The van der Waals surface area contributed by atoms with Crippen LogP contribution in [0, 0.1) is 6.92 Å². The van der Waals surface area contributed by atoms with Crippen LogP contribution in [-0.2, 0) is 18.3 Å². The molecule has 4 rings (SSSR count). The third kappa shape index (κ3) is 3.03. The minimum Gasteiger partial charge on any atom is -0.497 e. The van der Waals surface area contributed by atoms with Crippen LogP contribution in [0.4, 0.5) is 0 Å². The summed E-state index contributed by atoms with van der Waals surface area (Å²) in [7, 11) is 3.63. The number of fused-ring (bicyclic) bond motifs is 1. The summed E-state index contributed by atoms with van der Waals surface area (Å²) in [6.45, 7) is 3.50. The largest absolute Gasteiger partial charge is 0.497 e. The van der Waals surface area contributed by atoms with E-state index in [1.165, 1.54) is 0 Å². The van der Waals surface area contributed by atoms with Crippen molar-refractivity contribution in [1.29, 1.82) is 0 Å². The van der Waals surface area contributed by atoms with Gasteiger partial charge in [0.05, 0.1) is 19.9 Å². The Labute approximate surface area is 146 Å². The first kappa shape index (κ1) is 16.2. The number of furan rings is 1. The number of hydrogen-bond acceptors (Lipinski definition) is 5. The number of rotatable bonds is 5. The summed E-state index contributed by atoms with van der Waals surface area (Å²) in [4.78, 5) is 0. The molecule has 1 aliphatic heterocycles. The standard InChI is InChI=1S/C19H23N3O3/c1-12-16(11-21-22(12)2)19-17(6-7-24-19)20-10-15-9-13-8-14(23-3)4-5-18(13)25-15/h4-5,8-9,11,17,19-20H,6-7,10H2,1-3H3/t17-,19+/m0/s1. The third-order valence-corrected chi connectivity index (χ3v) is 4.98. The van der Waals surface area contributed by atoms with E-state index >= 15 is 0 Å². The van der Waals surface area contributed by atoms with Crippen LogP contribution in [0.15, 0.2) is 34.9 Å². The summed E-state index contributed by atoms with van der Waals surface area (Å²) in [5, 5.41) is 8.98. The van der Waals surface area contributed by atoms with Crippen molar-refractivity contribution in [3.8, 4) is 5.75 Å². The summed E-state index contributed by atoms with van der Waals surface area (Å²) < 4.78 is 19.0. The molecule has 0 bridgehead atoms. The zero-order valence-corrected chi connectivity index (χ0v) is 14.8. The van der Waals surface area contributed by atoms with Crippen molar-refractivity contribution in [3.05, 3.63) is 47.5 Å². The summed E-state index contributed by atoms with van der Waals surface area (Å²) in [5.41, 5.74) is 3.18. The SMILES string of the molecule is COc1ccc2oc(CN[C@H]3CCO[C@@H]3c3cnn(C)c3C)cc2c1. The number of aryl methyl sites for hydroxylation is 1. The first-order valence-corrected chi connectivity index (χ1v) is 8.55. The molecule has 1 aromatic carbocycles. The van der Waals surface area contributed by atoms with Gasteiger partial charge in [0.15, 0.2) is 0 Å². The Bertz CT molecular complexity index is 883. The van der Waals surface area contributed by atoms with Gasteiger partial charge in [-0.25, -0.2) is 0 Å². The Balaban J connectivity index is 1.47. The fourth-order valence-electron chi connectivity index (χ4n) is 3.42. The third-order valence-electron chi connectivity index (χ3n) is 4.98. The summed E-state index contributed by atoms with van der Waals surface area (Å²) >= 11 is 0. The van der Waals surface area contributed by atoms with Crippen LogP contribution in [0.5, 0.6) is 5.75 Å². The lowest BCUT2D eigenvalue weighted by molar-refractivity contribution is 0.0975. The zero-order valence-electron chi connectivity index (χ0n) is 14.8. The van der Waals surface area contributed by atoms with Crippen LogP contribution in [0.2, 0.25) is 0 Å². The number of methoxy groups -OCH3 is 1. The van der Waals surface area contributed by atoms with E-state index in [4.69, 9.17) is 13.9 Å². The smallest absolute Gasteiger partial charge is 0.134 e. The van der Waals surface area contributed by atoms with Crippen molar-refractivity contribution in [2.75, 3.05) is 13.7 Å². The maximum Gasteiger partial charge on any atom is 0.134 e. The summed E-state index contributed by atoms with van der Waals surface area (Å²) in [5.74, 6) is 1.75. The Hall–Kier alpha value is -2.31. The molecule has 0 unspecified atom stereocenters. The van der Waals surface area contributed by atoms with Crippen LogP contribution in [0.1, 0.15) is 29.5 Å². The number of nitrogens with zero attached hydrogens (tertiary/aromatic N) is 2. The van der Waals surface area contributed by atoms with Crippen LogP contribution in [0.25, 0.3) is 11.0 Å². The molecule has 6 heteroatoms. The predicted molar refractivity (Wildman–Crippen MR) is 94.6 cm³/mol. The monoisotopic (exact) mass is 341 g/mol. The molecule has 0 aliphatic carbocycles. The van der Waals surface area contributed by atoms with Crippen molar-refractivity contribution in [1.82, 2.24) is 15.1 Å². The first-order valence-electron chi connectivity index (χ1n) is 8.55. The quantitative estimate of drug-likeness (QED) is 0.773. The van der Waals surface area contributed by atoms with Gasteiger partial charge in [0.2, 0.25) is 0 Å². The molecule has 0 spiro atoms. The van der Waals surface area contributed by atoms with Crippen molar-refractivity contribution in [2.45, 2.75) is 32.0 Å². The lowest BCUT2D eigenvalue weighted by atomic mass is 10.0. The van der Waals surface area contributed by atoms with Crippen molar-refractivity contribution >= 4 is 11.0 Å². The molecule has 0 saturated carbocycles. The van der Waals surface area contributed by atoms with Gasteiger partial charge in [-0.2, -0.15) is 5.10 Å². The van der Waals surface area contributed by atoms with Gasteiger partial charge in [0.1, 0.15) is 23.2 Å². The minimum absolute atomic E-state index is 0.0400. The van der Waals surface area contributed by atoms with Crippen LogP contribution in [-0.4, -0.2) is 29.5 Å². The minimum atomic E-state index is 0.0400. The molecule has 132 valence electrons. The highest BCUT2D eigenvalue weighted by Crippen LogP contribution is 2.31. The lowest BCUT2D eigenvalue weighted by Crippen LogP contribution is -2.31. The molecule has 25 heavy (non-hydrogen) atoms. The topological polar surface area (TPSA) is 61.4 Å². The number of benzene rings is 1. The number of aromatic nitrogens is 2. The molecule has 6 nitrogen and oxygen atoms in total. The molecule has 1 N–H and O–H groups in total. The number of hydrogen-bond donors (Lipinski definition) is 1. The molecule has 0 radical (unpaired) electrons. The number of ether oxygens (including phenoxy) is 2. The van der Waals surface area contributed by atoms with Gasteiger partial charge < -0.3 is 19.2 Å². The van der Waals surface area contributed by atoms with Crippen LogP contribution < -0.4 is 10.1 Å². The molecular weight excluding hydrogens is 318 g/mol. The van der Waals surface area contributed by atoms with E-state index in [-0.39, 0.29) is 12.1 Å². The second-order valence-electron chi connectivity index (χ2n) is 6.49. The average Bonchev–Trinajstić information content (AvgIpc) is 3.32. The van der Waals surface area contributed by atoms with E-state index in [1.54, 1.807) is 7.11 Å². The van der Waals surface area contributed by atoms with Crippen molar-refractivity contribution < 1.29 is 13.9 Å². The highest BCUT2D eigenvalue weighted by Gasteiger charge is 2.31. The zero-order chi connectivity index (χ0) is 17.4. The van der Waals surface area contributed by atoms with Crippen LogP contribution >= 0.6 is 0 Å². The fraction of sp³-hybridized carbons (Fsp3) is 0.421. The van der Waals surface area contributed by atoms with Crippen molar-refractivity contribution in [3.63, 3.8) is 0 Å². The van der Waals surface area contributed by atoms with E-state index in [1.807, 2.05) is 36.1 Å². The highest BCUT2D eigenvalue weighted by atomic mass is 16.5. The molecule has 3 aromatic rings. The molecule has 1 aliphatic rings. The van der Waals surface area contributed by atoms with E-state index < -0.39 is 0 Å². The van der Waals surface area contributed by atoms with Gasteiger partial charge in [-0.3, -0.25) is 4.68 Å². The van der Waals surface area contributed by atoms with Gasteiger partial charge in [-0.05, 0) is 37.6 Å². The van der Waals surface area contributed by atoms with Gasteiger partial charge in [0, 0.05) is 36.3 Å². The van der Waals surface area contributed by atoms with E-state index in [0.29, 0.717) is 6.54 Å². The highest BCUT2D eigenvalue weighted by molar-refractivity contribution is 5.79. The maximum atomic E-state index is 5.96.